The van der Waals surface area contributed by atoms with Crippen LogP contribution in [0.25, 0.3) is 0 Å². The number of benzene rings is 1. The number of likely N-dealkylation sites (tertiary alicyclic amines) is 1. The van der Waals surface area contributed by atoms with E-state index in [-0.39, 0.29) is 12.4 Å². The van der Waals surface area contributed by atoms with E-state index in [0.717, 1.165) is 31.4 Å². The number of halogens is 7. The molecule has 1 saturated heterocycles. The van der Waals surface area contributed by atoms with Gasteiger partial charge in [-0.2, -0.15) is 13.2 Å². The molecule has 2 aliphatic carbocycles. The van der Waals surface area contributed by atoms with Crippen LogP contribution in [0.2, 0.25) is 0 Å². The number of nitrogens with zero attached hydrogens (tertiary/aromatic N) is 1. The van der Waals surface area contributed by atoms with E-state index in [4.69, 9.17) is 4.74 Å². The summed E-state index contributed by atoms with van der Waals surface area (Å²) in [6.07, 6.45) is -1.68. The summed E-state index contributed by atoms with van der Waals surface area (Å²) in [6, 6.07) is 0.288. The van der Waals surface area contributed by atoms with E-state index in [1.165, 1.54) is 4.90 Å². The van der Waals surface area contributed by atoms with Crippen LogP contribution in [0.5, 0.6) is 5.75 Å². The van der Waals surface area contributed by atoms with Crippen molar-refractivity contribution in [3.05, 3.63) is 29.3 Å². The third-order valence-corrected chi connectivity index (χ3v) is 6.75. The largest absolute Gasteiger partial charge is 0.493 e. The molecule has 3 atom stereocenters. The number of carbonyl (C=O) groups excluding carboxylic acids is 1. The van der Waals surface area contributed by atoms with E-state index in [2.05, 4.69) is 0 Å². The summed E-state index contributed by atoms with van der Waals surface area (Å²) in [5, 5.41) is 1.91. The fourth-order valence-electron chi connectivity index (χ4n) is 4.75. The number of piperidine rings is 1. The van der Waals surface area contributed by atoms with Gasteiger partial charge in [0.25, 0.3) is 11.8 Å². The Hall–Kier alpha value is -2.04. The second kappa shape index (κ2) is 8.96. The minimum absolute atomic E-state index is 0.101. The first kappa shape index (κ1) is 24.1. The molecule has 3 fully saturated rings. The number of alkyl halides is 5. The quantitative estimate of drug-likeness (QED) is 0.543. The van der Waals surface area contributed by atoms with Gasteiger partial charge in [-0.3, -0.25) is 9.69 Å². The summed E-state index contributed by atoms with van der Waals surface area (Å²) in [4.78, 5) is 13.3. The Morgan fingerprint density at radius 1 is 1.15 bits per heavy atom. The van der Waals surface area contributed by atoms with Crippen molar-refractivity contribution in [2.24, 2.45) is 17.8 Å². The van der Waals surface area contributed by atoms with Gasteiger partial charge >= 0.3 is 6.18 Å². The van der Waals surface area contributed by atoms with Gasteiger partial charge in [0.15, 0.2) is 0 Å². The molecule has 184 valence electrons. The van der Waals surface area contributed by atoms with Crippen molar-refractivity contribution >= 4 is 5.91 Å². The molecule has 1 unspecified atom stereocenters. The molecule has 1 aromatic rings. The van der Waals surface area contributed by atoms with Gasteiger partial charge in [0, 0.05) is 18.6 Å². The van der Waals surface area contributed by atoms with Crippen molar-refractivity contribution in [3.8, 4) is 5.75 Å². The van der Waals surface area contributed by atoms with Crippen LogP contribution in [0.15, 0.2) is 12.1 Å². The zero-order valence-corrected chi connectivity index (χ0v) is 17.7. The summed E-state index contributed by atoms with van der Waals surface area (Å²) in [6.45, 7) is 0.191. The first-order valence-electron chi connectivity index (χ1n) is 11.0. The zero-order valence-electron chi connectivity index (χ0n) is 17.7. The normalized spacial score (nSPS) is 27.3. The van der Waals surface area contributed by atoms with Gasteiger partial charge in [0.2, 0.25) is 0 Å². The number of amides is 1. The van der Waals surface area contributed by atoms with Gasteiger partial charge in [-0.1, -0.05) is 0 Å². The minimum Gasteiger partial charge on any atom is -0.493 e. The molecule has 3 aliphatic rings. The average molecular weight is 482 g/mol. The van der Waals surface area contributed by atoms with Crippen LogP contribution in [0, 0.1) is 29.4 Å². The van der Waals surface area contributed by atoms with Gasteiger partial charge < -0.3 is 10.1 Å². The summed E-state index contributed by atoms with van der Waals surface area (Å²) in [5.74, 6) is -5.59. The fourth-order valence-corrected chi connectivity index (χ4v) is 4.75. The standard InChI is InChI=1S/C22H25F7N2O2/c23-16-8-14(9-17(24)19(16)20(32)30-18-10-21(18,25)26)33-6-3-13-7-15(13)12-1-4-31(5-2-12)11-22(27,28)29/h8-9,12-13,15,18H,1-7,10-11H2,(H,30,32)/t13-,15-,18?/m1/s1. The average Bonchev–Trinajstić information content (AvgIpc) is 3.58. The lowest BCUT2D eigenvalue weighted by atomic mass is 9.90. The summed E-state index contributed by atoms with van der Waals surface area (Å²) in [7, 11) is 0. The molecule has 4 nitrogen and oxygen atoms in total. The number of nitrogens with one attached hydrogen (secondary N) is 1. The SMILES string of the molecule is O=C(NC1CC1(F)F)c1c(F)cc(OCC[C@@H]2C[C@@H]2C2CCN(CC(F)(F)F)CC2)cc1F. The highest BCUT2D eigenvalue weighted by Crippen LogP contribution is 2.50. The Kier molecular flexibility index (Phi) is 6.54. The third kappa shape index (κ3) is 6.10. The maximum atomic E-state index is 14.2. The van der Waals surface area contributed by atoms with Gasteiger partial charge in [0.05, 0.1) is 19.2 Å². The fraction of sp³-hybridized carbons (Fsp3) is 0.682. The van der Waals surface area contributed by atoms with Crippen LogP contribution in [0.3, 0.4) is 0 Å². The number of hydrogen-bond acceptors (Lipinski definition) is 3. The maximum absolute atomic E-state index is 14.2. The highest BCUT2D eigenvalue weighted by atomic mass is 19.4. The second-order valence-electron chi connectivity index (χ2n) is 9.28. The van der Waals surface area contributed by atoms with Crippen molar-refractivity contribution in [3.63, 3.8) is 0 Å². The molecule has 1 N–H and O–H groups in total. The van der Waals surface area contributed by atoms with E-state index in [1.54, 1.807) is 0 Å². The molecule has 1 aromatic carbocycles. The lowest BCUT2D eigenvalue weighted by Gasteiger charge is -2.32. The molecule has 33 heavy (non-hydrogen) atoms. The number of carbonyl (C=O) groups is 1. The predicted octanol–water partition coefficient (Wildman–Crippen LogP) is 4.78. The van der Waals surface area contributed by atoms with Crippen molar-refractivity contribution in [2.45, 2.75) is 50.2 Å². The lowest BCUT2D eigenvalue weighted by Crippen LogP contribution is -2.40. The summed E-state index contributed by atoms with van der Waals surface area (Å²) in [5.41, 5.74) is -0.927. The van der Waals surface area contributed by atoms with Crippen molar-refractivity contribution in [2.75, 3.05) is 26.2 Å². The van der Waals surface area contributed by atoms with Crippen molar-refractivity contribution < 1.29 is 40.3 Å². The van der Waals surface area contributed by atoms with Gasteiger partial charge in [-0.05, 0) is 56.5 Å². The first-order chi connectivity index (χ1) is 15.4. The molecule has 1 heterocycles. The summed E-state index contributed by atoms with van der Waals surface area (Å²) >= 11 is 0. The highest BCUT2D eigenvalue weighted by Gasteiger charge is 2.58. The second-order valence-corrected chi connectivity index (χ2v) is 9.28. The van der Waals surface area contributed by atoms with Gasteiger partial charge in [-0.15, -0.1) is 0 Å². The number of hydrogen-bond donors (Lipinski definition) is 1. The molecular formula is C22H25F7N2O2. The predicted molar refractivity (Wildman–Crippen MR) is 104 cm³/mol. The van der Waals surface area contributed by atoms with Gasteiger partial charge in [0.1, 0.15) is 22.9 Å². The summed E-state index contributed by atoms with van der Waals surface area (Å²) < 4.78 is 97.1. The Balaban J connectivity index is 1.20. The van der Waals surface area contributed by atoms with E-state index in [1.807, 2.05) is 5.32 Å². The van der Waals surface area contributed by atoms with Gasteiger partial charge in [-0.25, -0.2) is 17.6 Å². The van der Waals surface area contributed by atoms with E-state index in [9.17, 15) is 35.5 Å². The van der Waals surface area contributed by atoms with E-state index in [0.29, 0.717) is 37.3 Å². The minimum atomic E-state index is -4.18. The van der Waals surface area contributed by atoms with Crippen LogP contribution in [0.4, 0.5) is 30.7 Å². The van der Waals surface area contributed by atoms with Crippen LogP contribution < -0.4 is 10.1 Å². The monoisotopic (exact) mass is 482 g/mol. The molecule has 11 heteroatoms. The molecule has 1 aliphatic heterocycles. The van der Waals surface area contributed by atoms with Crippen LogP contribution in [-0.4, -0.2) is 55.2 Å². The maximum Gasteiger partial charge on any atom is 0.401 e. The molecule has 0 bridgehead atoms. The zero-order chi connectivity index (χ0) is 24.0. The van der Waals surface area contributed by atoms with Crippen LogP contribution in [0.1, 0.15) is 42.5 Å². The number of ether oxygens (including phenoxy) is 1. The Morgan fingerprint density at radius 3 is 2.30 bits per heavy atom. The lowest BCUT2D eigenvalue weighted by molar-refractivity contribution is -0.148. The van der Waals surface area contributed by atoms with E-state index >= 15 is 0 Å². The smallest absolute Gasteiger partial charge is 0.401 e. The first-order valence-corrected chi connectivity index (χ1v) is 11.0. The molecule has 4 rings (SSSR count). The highest BCUT2D eigenvalue weighted by molar-refractivity contribution is 5.95. The van der Waals surface area contributed by atoms with Crippen molar-refractivity contribution in [1.82, 2.24) is 10.2 Å². The Bertz CT molecular complexity index is 861. The topological polar surface area (TPSA) is 41.6 Å². The molecule has 0 aromatic heterocycles. The molecular weight excluding hydrogens is 457 g/mol. The number of rotatable bonds is 8. The van der Waals surface area contributed by atoms with Crippen LogP contribution >= 0.6 is 0 Å². The molecule has 2 saturated carbocycles. The Labute approximate surface area is 186 Å². The molecule has 1 amide bonds. The van der Waals surface area contributed by atoms with Crippen LogP contribution in [-0.2, 0) is 0 Å². The molecule has 0 spiro atoms. The molecule has 0 radical (unpaired) electrons. The third-order valence-electron chi connectivity index (χ3n) is 6.75. The Morgan fingerprint density at radius 2 is 1.76 bits per heavy atom. The van der Waals surface area contributed by atoms with E-state index < -0.39 is 54.2 Å². The van der Waals surface area contributed by atoms with Crippen molar-refractivity contribution in [1.29, 1.82) is 0 Å².